The number of nitrogens with zero attached hydrogens (tertiary/aromatic N) is 2. The molecule has 0 N–H and O–H groups in total. The van der Waals surface area contributed by atoms with Crippen molar-refractivity contribution in [3.8, 4) is 28.5 Å². The van der Waals surface area contributed by atoms with E-state index in [2.05, 4.69) is 48.3 Å². The van der Waals surface area contributed by atoms with Gasteiger partial charge in [-0.05, 0) is 97.2 Å². The van der Waals surface area contributed by atoms with Crippen LogP contribution in [0.3, 0.4) is 0 Å². The van der Waals surface area contributed by atoms with E-state index < -0.39 is 6.67 Å². The Morgan fingerprint density at radius 1 is 0.919 bits per heavy atom. The van der Waals surface area contributed by atoms with Gasteiger partial charge >= 0.3 is 0 Å². The Kier molecular flexibility index (Phi) is 7.50. The van der Waals surface area contributed by atoms with E-state index in [9.17, 15) is 4.39 Å². The highest BCUT2D eigenvalue weighted by atomic mass is 19.1. The molecule has 0 aliphatic carbocycles. The molecule has 37 heavy (non-hydrogen) atoms. The number of ether oxygens (including phenoxy) is 1. The van der Waals surface area contributed by atoms with Crippen LogP contribution < -0.4 is 0 Å². The summed E-state index contributed by atoms with van der Waals surface area (Å²) in [7, 11) is 2.16. The van der Waals surface area contributed by atoms with Crippen molar-refractivity contribution in [2.45, 2.75) is 31.5 Å². The van der Waals surface area contributed by atoms with Gasteiger partial charge in [-0.3, -0.25) is 0 Å². The summed E-state index contributed by atoms with van der Waals surface area (Å²) in [6.45, 7) is 2.52. The SMILES string of the molecule is CN1CCC(COCc2cc(CF)cc(-c3ccc(C#N)cc3)c2)(c2ccc(-c3ccco3)cc2)CC1. The number of benzene rings is 3. The van der Waals surface area contributed by atoms with Gasteiger partial charge in [0.1, 0.15) is 12.4 Å². The van der Waals surface area contributed by atoms with Crippen LogP contribution in [-0.2, 0) is 23.4 Å². The molecule has 5 heteroatoms. The number of hydrogen-bond donors (Lipinski definition) is 0. The van der Waals surface area contributed by atoms with Gasteiger partial charge in [0, 0.05) is 11.0 Å². The molecular weight excluding hydrogens is 463 g/mol. The van der Waals surface area contributed by atoms with Gasteiger partial charge in [-0.15, -0.1) is 0 Å². The molecule has 4 nitrogen and oxygen atoms in total. The average molecular weight is 495 g/mol. The van der Waals surface area contributed by atoms with E-state index >= 15 is 0 Å². The first-order valence-corrected chi connectivity index (χ1v) is 12.7. The smallest absolute Gasteiger partial charge is 0.133 e. The van der Waals surface area contributed by atoms with E-state index in [1.165, 1.54) is 5.56 Å². The highest BCUT2D eigenvalue weighted by Gasteiger charge is 2.35. The standard InChI is InChI=1S/C32H31FN2O2/c1-35-14-12-32(13-15-35,30-10-8-28(9-11-30)31-3-2-16-37-31)23-36-22-26-17-25(20-33)18-29(19-26)27-6-4-24(21-34)5-7-27/h2-11,16-19H,12-15,20,22-23H2,1H3. The lowest BCUT2D eigenvalue weighted by Crippen LogP contribution is -2.43. The summed E-state index contributed by atoms with van der Waals surface area (Å²) < 4.78 is 25.6. The van der Waals surface area contributed by atoms with Gasteiger partial charge < -0.3 is 14.1 Å². The first-order valence-electron chi connectivity index (χ1n) is 12.7. The van der Waals surface area contributed by atoms with Gasteiger partial charge in [-0.25, -0.2) is 4.39 Å². The lowest BCUT2D eigenvalue weighted by molar-refractivity contribution is 0.0407. The molecule has 1 saturated heterocycles. The van der Waals surface area contributed by atoms with Crippen LogP contribution in [-0.4, -0.2) is 31.6 Å². The first kappa shape index (κ1) is 25.0. The van der Waals surface area contributed by atoms with Crippen LogP contribution in [0.15, 0.2) is 89.5 Å². The van der Waals surface area contributed by atoms with Crippen LogP contribution in [0, 0.1) is 11.3 Å². The Labute approximate surface area is 217 Å². The molecule has 1 aliphatic heterocycles. The van der Waals surface area contributed by atoms with Gasteiger partial charge in [0.2, 0.25) is 0 Å². The second-order valence-corrected chi connectivity index (χ2v) is 9.99. The number of rotatable bonds is 8. The zero-order chi connectivity index (χ0) is 25.7. The molecule has 0 spiro atoms. The topological polar surface area (TPSA) is 49.4 Å². The van der Waals surface area contributed by atoms with Crippen molar-refractivity contribution in [2.24, 2.45) is 0 Å². The van der Waals surface area contributed by atoms with Crippen molar-refractivity contribution in [3.63, 3.8) is 0 Å². The van der Waals surface area contributed by atoms with Crippen LogP contribution in [0.1, 0.15) is 35.1 Å². The maximum Gasteiger partial charge on any atom is 0.133 e. The Morgan fingerprint density at radius 2 is 1.62 bits per heavy atom. The van der Waals surface area contributed by atoms with E-state index in [-0.39, 0.29) is 5.41 Å². The summed E-state index contributed by atoms with van der Waals surface area (Å²) >= 11 is 0. The Balaban J connectivity index is 1.34. The fourth-order valence-electron chi connectivity index (χ4n) is 5.18. The highest BCUT2D eigenvalue weighted by Crippen LogP contribution is 2.37. The molecule has 0 saturated carbocycles. The third-order valence-electron chi connectivity index (χ3n) is 7.45. The summed E-state index contributed by atoms with van der Waals surface area (Å²) in [5, 5.41) is 9.08. The quantitative estimate of drug-likeness (QED) is 0.261. The van der Waals surface area contributed by atoms with Crippen molar-refractivity contribution >= 4 is 0 Å². The zero-order valence-electron chi connectivity index (χ0n) is 21.1. The normalized spacial score (nSPS) is 15.4. The van der Waals surface area contributed by atoms with Crippen molar-refractivity contribution in [2.75, 3.05) is 26.7 Å². The lowest BCUT2D eigenvalue weighted by atomic mass is 9.73. The number of furan rings is 1. The Hall–Kier alpha value is -3.72. The molecule has 0 radical (unpaired) electrons. The van der Waals surface area contributed by atoms with Crippen LogP contribution in [0.2, 0.25) is 0 Å². The molecule has 0 amide bonds. The number of nitriles is 1. The molecule has 5 rings (SSSR count). The molecule has 1 aromatic heterocycles. The molecule has 3 aromatic carbocycles. The third-order valence-corrected chi connectivity index (χ3v) is 7.45. The molecule has 0 atom stereocenters. The van der Waals surface area contributed by atoms with Gasteiger partial charge in [0.05, 0.1) is 31.1 Å². The van der Waals surface area contributed by atoms with Crippen molar-refractivity contribution in [1.82, 2.24) is 4.90 Å². The van der Waals surface area contributed by atoms with E-state index in [1.54, 1.807) is 18.4 Å². The maximum absolute atomic E-state index is 13.7. The van der Waals surface area contributed by atoms with Crippen molar-refractivity contribution < 1.29 is 13.5 Å². The fourth-order valence-corrected chi connectivity index (χ4v) is 5.18. The minimum Gasteiger partial charge on any atom is -0.464 e. The van der Waals surface area contributed by atoms with Crippen LogP contribution in [0.5, 0.6) is 0 Å². The summed E-state index contributed by atoms with van der Waals surface area (Å²) in [4.78, 5) is 2.37. The molecule has 188 valence electrons. The summed E-state index contributed by atoms with van der Waals surface area (Å²) in [5.41, 5.74) is 6.35. The fraction of sp³-hybridized carbons (Fsp3) is 0.281. The summed E-state index contributed by atoms with van der Waals surface area (Å²) in [6, 6.07) is 27.9. The number of alkyl halides is 1. The average Bonchev–Trinajstić information content (AvgIpc) is 3.49. The predicted octanol–water partition coefficient (Wildman–Crippen LogP) is 7.13. The highest BCUT2D eigenvalue weighted by molar-refractivity contribution is 5.66. The van der Waals surface area contributed by atoms with Gasteiger partial charge in [-0.1, -0.05) is 42.5 Å². The number of hydrogen-bond acceptors (Lipinski definition) is 4. The predicted molar refractivity (Wildman–Crippen MR) is 144 cm³/mol. The number of halogens is 1. The first-order chi connectivity index (χ1) is 18.1. The van der Waals surface area contributed by atoms with Crippen molar-refractivity contribution in [3.05, 3.63) is 107 Å². The molecule has 1 fully saturated rings. The second kappa shape index (κ2) is 11.1. The molecular formula is C32H31FN2O2. The van der Waals surface area contributed by atoms with Crippen LogP contribution in [0.25, 0.3) is 22.5 Å². The van der Waals surface area contributed by atoms with E-state index in [0.29, 0.717) is 24.3 Å². The van der Waals surface area contributed by atoms with Gasteiger partial charge in [0.25, 0.3) is 0 Å². The monoisotopic (exact) mass is 494 g/mol. The molecule has 1 aliphatic rings. The Bertz CT molecular complexity index is 1350. The number of likely N-dealkylation sites (tertiary alicyclic amines) is 1. The Morgan fingerprint density at radius 3 is 2.27 bits per heavy atom. The minimum absolute atomic E-state index is 0.0676. The third kappa shape index (κ3) is 5.67. The molecule has 4 aromatic rings. The van der Waals surface area contributed by atoms with E-state index in [4.69, 9.17) is 14.4 Å². The molecule has 2 heterocycles. The van der Waals surface area contributed by atoms with Crippen LogP contribution >= 0.6 is 0 Å². The second-order valence-electron chi connectivity index (χ2n) is 9.99. The largest absolute Gasteiger partial charge is 0.464 e. The van der Waals surface area contributed by atoms with Crippen LogP contribution in [0.4, 0.5) is 4.39 Å². The molecule has 0 unspecified atom stereocenters. The van der Waals surface area contributed by atoms with Crippen molar-refractivity contribution in [1.29, 1.82) is 5.26 Å². The van der Waals surface area contributed by atoms with E-state index in [1.807, 2.05) is 36.4 Å². The summed E-state index contributed by atoms with van der Waals surface area (Å²) in [6.07, 6.45) is 3.73. The maximum atomic E-state index is 13.7. The number of piperidine rings is 1. The lowest BCUT2D eigenvalue weighted by Gasteiger charge is -2.41. The zero-order valence-corrected chi connectivity index (χ0v) is 21.1. The van der Waals surface area contributed by atoms with Gasteiger partial charge in [-0.2, -0.15) is 5.26 Å². The van der Waals surface area contributed by atoms with E-state index in [0.717, 1.165) is 53.9 Å². The minimum atomic E-state index is -0.532. The summed E-state index contributed by atoms with van der Waals surface area (Å²) in [5.74, 6) is 0.867. The molecule has 0 bridgehead atoms. The van der Waals surface area contributed by atoms with Gasteiger partial charge in [0.15, 0.2) is 0 Å².